The summed E-state index contributed by atoms with van der Waals surface area (Å²) in [6.45, 7) is 1.21. The lowest BCUT2D eigenvalue weighted by Crippen LogP contribution is -2.47. The molecular formula is C12H17F2N3O2S. The van der Waals surface area contributed by atoms with Crippen molar-refractivity contribution in [2.24, 2.45) is 0 Å². The lowest BCUT2D eigenvalue weighted by Gasteiger charge is -2.31. The first kappa shape index (κ1) is 15.1. The summed E-state index contributed by atoms with van der Waals surface area (Å²) in [6, 6.07) is 4.94. The molecule has 0 bridgehead atoms. The van der Waals surface area contributed by atoms with Crippen molar-refractivity contribution in [3.63, 3.8) is 0 Å². The number of aryl methyl sites for hydroxylation is 1. The second-order valence-electron chi connectivity index (χ2n) is 4.77. The summed E-state index contributed by atoms with van der Waals surface area (Å²) in [7, 11) is -3.99. The van der Waals surface area contributed by atoms with E-state index < -0.39 is 22.7 Å². The molecule has 1 fully saturated rings. The van der Waals surface area contributed by atoms with Crippen molar-refractivity contribution in [1.29, 1.82) is 0 Å². The summed E-state index contributed by atoms with van der Waals surface area (Å²) in [5.74, 6) is -2.82. The predicted octanol–water partition coefficient (Wildman–Crippen LogP) is 2.03. The van der Waals surface area contributed by atoms with Crippen LogP contribution < -0.4 is 4.72 Å². The molecule has 2 heterocycles. The van der Waals surface area contributed by atoms with E-state index in [-0.39, 0.29) is 25.2 Å². The van der Waals surface area contributed by atoms with E-state index in [9.17, 15) is 17.2 Å². The Bertz CT molecular complexity index is 578. The number of rotatable bonds is 4. The van der Waals surface area contributed by atoms with Crippen molar-refractivity contribution in [2.75, 3.05) is 17.8 Å². The number of pyridine rings is 1. The van der Waals surface area contributed by atoms with Gasteiger partial charge in [-0.25, -0.2) is 13.8 Å². The third-order valence-corrected chi connectivity index (χ3v) is 4.56. The molecule has 20 heavy (non-hydrogen) atoms. The molecule has 0 amide bonds. The largest absolute Gasteiger partial charge is 0.303 e. The maximum Gasteiger partial charge on any atom is 0.303 e. The molecule has 0 unspecified atom stereocenters. The highest BCUT2D eigenvalue weighted by Crippen LogP contribution is 2.28. The number of halogens is 2. The van der Waals surface area contributed by atoms with Crippen LogP contribution in [0.25, 0.3) is 0 Å². The summed E-state index contributed by atoms with van der Waals surface area (Å²) in [5.41, 5.74) is 0.731. The lowest BCUT2D eigenvalue weighted by molar-refractivity contribution is -0.0432. The minimum Gasteiger partial charge on any atom is -0.254 e. The van der Waals surface area contributed by atoms with Crippen LogP contribution in [0.15, 0.2) is 18.2 Å². The van der Waals surface area contributed by atoms with Gasteiger partial charge in [0.05, 0.1) is 6.54 Å². The van der Waals surface area contributed by atoms with E-state index in [1.807, 2.05) is 6.92 Å². The van der Waals surface area contributed by atoms with Crippen molar-refractivity contribution in [3.8, 4) is 0 Å². The average molecular weight is 305 g/mol. The number of nitrogens with one attached hydrogen (secondary N) is 1. The van der Waals surface area contributed by atoms with E-state index in [1.165, 1.54) is 6.07 Å². The molecule has 0 aromatic carbocycles. The molecule has 1 aliphatic rings. The van der Waals surface area contributed by atoms with Gasteiger partial charge in [-0.1, -0.05) is 13.0 Å². The minimum atomic E-state index is -3.99. The predicted molar refractivity (Wildman–Crippen MR) is 71.9 cm³/mol. The number of hydrogen-bond acceptors (Lipinski definition) is 3. The molecule has 1 aliphatic heterocycles. The Hall–Kier alpha value is -1.28. The van der Waals surface area contributed by atoms with Crippen LogP contribution in [0, 0.1) is 0 Å². The molecule has 0 atom stereocenters. The number of anilines is 1. The summed E-state index contributed by atoms with van der Waals surface area (Å²) in [6.07, 6.45) is 0.538. The first-order chi connectivity index (χ1) is 9.32. The Morgan fingerprint density at radius 1 is 1.45 bits per heavy atom. The van der Waals surface area contributed by atoms with E-state index in [2.05, 4.69) is 9.71 Å². The molecule has 0 saturated carbocycles. The quantitative estimate of drug-likeness (QED) is 0.926. The molecule has 1 aromatic heterocycles. The minimum absolute atomic E-state index is 0.0956. The van der Waals surface area contributed by atoms with Crippen LogP contribution in [0.2, 0.25) is 0 Å². The fourth-order valence-corrected chi connectivity index (χ4v) is 3.30. The molecule has 1 N–H and O–H groups in total. The van der Waals surface area contributed by atoms with E-state index in [0.29, 0.717) is 6.42 Å². The normalized spacial score (nSPS) is 19.8. The van der Waals surface area contributed by atoms with E-state index >= 15 is 0 Å². The van der Waals surface area contributed by atoms with Crippen LogP contribution in [0.5, 0.6) is 0 Å². The first-order valence-corrected chi connectivity index (χ1v) is 7.88. The van der Waals surface area contributed by atoms with Gasteiger partial charge in [-0.3, -0.25) is 4.72 Å². The number of piperidine rings is 1. The fourth-order valence-electron chi connectivity index (χ4n) is 2.07. The third kappa shape index (κ3) is 3.63. The Morgan fingerprint density at radius 3 is 2.85 bits per heavy atom. The molecule has 5 nitrogen and oxygen atoms in total. The van der Waals surface area contributed by atoms with Crippen LogP contribution in [0.1, 0.15) is 25.5 Å². The molecule has 0 radical (unpaired) electrons. The molecule has 8 heteroatoms. The maximum absolute atomic E-state index is 13.3. The van der Waals surface area contributed by atoms with E-state index in [1.54, 1.807) is 12.1 Å². The maximum atomic E-state index is 13.3. The zero-order chi connectivity index (χ0) is 14.8. The number of aromatic nitrogens is 1. The summed E-state index contributed by atoms with van der Waals surface area (Å²) in [4.78, 5) is 4.10. The van der Waals surface area contributed by atoms with Gasteiger partial charge in [-0.15, -0.1) is 0 Å². The number of hydrogen-bond donors (Lipinski definition) is 1. The molecule has 1 aromatic rings. The van der Waals surface area contributed by atoms with Crippen LogP contribution in [0.4, 0.5) is 14.6 Å². The van der Waals surface area contributed by atoms with Gasteiger partial charge in [0.25, 0.3) is 5.92 Å². The summed E-state index contributed by atoms with van der Waals surface area (Å²) in [5, 5.41) is 0. The molecule has 2 rings (SSSR count). The number of alkyl halides is 2. The Kier molecular flexibility index (Phi) is 4.24. The topological polar surface area (TPSA) is 62.3 Å². The summed E-state index contributed by atoms with van der Waals surface area (Å²) < 4.78 is 53.8. The second-order valence-corrected chi connectivity index (χ2v) is 6.44. The van der Waals surface area contributed by atoms with Gasteiger partial charge in [0.1, 0.15) is 5.82 Å². The number of nitrogens with zero attached hydrogens (tertiary/aromatic N) is 2. The molecular weight excluding hydrogens is 288 g/mol. The Labute approximate surface area is 117 Å². The molecule has 0 spiro atoms. The van der Waals surface area contributed by atoms with Gasteiger partial charge >= 0.3 is 10.2 Å². The summed E-state index contributed by atoms with van der Waals surface area (Å²) >= 11 is 0. The SMILES string of the molecule is CCc1cccc(NS(=O)(=O)N2CCCC(F)(F)C2)n1. The van der Waals surface area contributed by atoms with Crippen molar-refractivity contribution < 1.29 is 17.2 Å². The zero-order valence-electron chi connectivity index (χ0n) is 11.1. The highest BCUT2D eigenvalue weighted by Gasteiger charge is 2.40. The van der Waals surface area contributed by atoms with Crippen LogP contribution >= 0.6 is 0 Å². The highest BCUT2D eigenvalue weighted by molar-refractivity contribution is 7.90. The van der Waals surface area contributed by atoms with Gasteiger partial charge in [0, 0.05) is 18.7 Å². The molecule has 0 aliphatic carbocycles. The first-order valence-electron chi connectivity index (χ1n) is 6.44. The van der Waals surface area contributed by atoms with Gasteiger partial charge in [-0.05, 0) is 25.0 Å². The van der Waals surface area contributed by atoms with Crippen LogP contribution in [-0.2, 0) is 16.6 Å². The molecule has 1 saturated heterocycles. The zero-order valence-corrected chi connectivity index (χ0v) is 12.0. The van der Waals surface area contributed by atoms with Gasteiger partial charge in [-0.2, -0.15) is 12.7 Å². The van der Waals surface area contributed by atoms with Gasteiger partial charge < -0.3 is 0 Å². The van der Waals surface area contributed by atoms with Gasteiger partial charge in [0.2, 0.25) is 0 Å². The monoisotopic (exact) mass is 305 g/mol. The molecule has 112 valence electrons. The Balaban J connectivity index is 2.14. The van der Waals surface area contributed by atoms with Crippen LogP contribution in [0.3, 0.4) is 0 Å². The highest BCUT2D eigenvalue weighted by atomic mass is 32.2. The average Bonchev–Trinajstić information content (AvgIpc) is 2.37. The van der Waals surface area contributed by atoms with Crippen LogP contribution in [-0.4, -0.2) is 36.7 Å². The standard InChI is InChI=1S/C12H17F2N3O2S/c1-2-10-5-3-6-11(15-10)16-20(18,19)17-8-4-7-12(13,14)9-17/h3,5-6H,2,4,7-9H2,1H3,(H,15,16). The van der Waals surface area contributed by atoms with E-state index in [4.69, 9.17) is 0 Å². The fraction of sp³-hybridized carbons (Fsp3) is 0.583. The smallest absolute Gasteiger partial charge is 0.254 e. The third-order valence-electron chi connectivity index (χ3n) is 3.10. The van der Waals surface area contributed by atoms with Gasteiger partial charge in [0.15, 0.2) is 0 Å². The van der Waals surface area contributed by atoms with Crippen molar-refractivity contribution in [2.45, 2.75) is 32.1 Å². The van der Waals surface area contributed by atoms with Crippen molar-refractivity contribution >= 4 is 16.0 Å². The Morgan fingerprint density at radius 2 is 2.20 bits per heavy atom. The van der Waals surface area contributed by atoms with E-state index in [0.717, 1.165) is 10.00 Å². The van der Waals surface area contributed by atoms with Crippen molar-refractivity contribution in [1.82, 2.24) is 9.29 Å². The lowest BCUT2D eigenvalue weighted by atomic mass is 10.1. The van der Waals surface area contributed by atoms with Crippen molar-refractivity contribution in [3.05, 3.63) is 23.9 Å². The second kappa shape index (κ2) is 5.61.